The SMILES string of the molecule is O=C(O)/C=C/c1ccc(Cl)c2cccnc12. The van der Waals surface area contributed by atoms with Gasteiger partial charge in [-0.25, -0.2) is 4.79 Å². The summed E-state index contributed by atoms with van der Waals surface area (Å²) in [5, 5.41) is 9.99. The second kappa shape index (κ2) is 4.33. The average Bonchev–Trinajstić information content (AvgIpc) is 2.28. The van der Waals surface area contributed by atoms with Crippen LogP contribution in [0, 0.1) is 0 Å². The van der Waals surface area contributed by atoms with Crippen LogP contribution in [0.3, 0.4) is 0 Å². The highest BCUT2D eigenvalue weighted by molar-refractivity contribution is 6.35. The van der Waals surface area contributed by atoms with Crippen LogP contribution in [0.4, 0.5) is 0 Å². The highest BCUT2D eigenvalue weighted by Crippen LogP contribution is 2.25. The van der Waals surface area contributed by atoms with Gasteiger partial charge in [0, 0.05) is 23.2 Å². The van der Waals surface area contributed by atoms with Gasteiger partial charge in [-0.1, -0.05) is 17.7 Å². The molecule has 0 radical (unpaired) electrons. The average molecular weight is 234 g/mol. The van der Waals surface area contributed by atoms with E-state index in [1.165, 1.54) is 6.08 Å². The Morgan fingerprint density at radius 1 is 1.38 bits per heavy atom. The number of nitrogens with zero attached hydrogens (tertiary/aromatic N) is 1. The molecule has 0 amide bonds. The molecule has 1 N–H and O–H groups in total. The van der Waals surface area contributed by atoms with Gasteiger partial charge in [0.1, 0.15) is 0 Å². The van der Waals surface area contributed by atoms with Gasteiger partial charge >= 0.3 is 5.97 Å². The smallest absolute Gasteiger partial charge is 0.328 e. The Balaban J connectivity index is 2.63. The van der Waals surface area contributed by atoms with Crippen LogP contribution < -0.4 is 0 Å². The van der Waals surface area contributed by atoms with Crippen LogP contribution in [0.2, 0.25) is 5.02 Å². The zero-order valence-corrected chi connectivity index (χ0v) is 8.98. The first-order valence-corrected chi connectivity index (χ1v) is 5.00. The molecular formula is C12H8ClNO2. The molecule has 0 atom stereocenters. The fourth-order valence-electron chi connectivity index (χ4n) is 1.46. The molecule has 0 aliphatic rings. The molecule has 0 spiro atoms. The van der Waals surface area contributed by atoms with Crippen molar-refractivity contribution in [1.29, 1.82) is 0 Å². The lowest BCUT2D eigenvalue weighted by molar-refractivity contribution is -0.131. The third-order valence-electron chi connectivity index (χ3n) is 2.15. The third-order valence-corrected chi connectivity index (χ3v) is 2.48. The van der Waals surface area contributed by atoms with Gasteiger partial charge in [0.15, 0.2) is 0 Å². The Hall–Kier alpha value is -1.87. The molecule has 0 saturated carbocycles. The number of halogens is 1. The van der Waals surface area contributed by atoms with Crippen molar-refractivity contribution >= 4 is 34.5 Å². The number of fused-ring (bicyclic) bond motifs is 1. The minimum Gasteiger partial charge on any atom is -0.478 e. The van der Waals surface area contributed by atoms with Gasteiger partial charge < -0.3 is 5.11 Å². The van der Waals surface area contributed by atoms with Crippen molar-refractivity contribution in [3.63, 3.8) is 0 Å². The minimum absolute atomic E-state index is 0.607. The summed E-state index contributed by atoms with van der Waals surface area (Å²) in [4.78, 5) is 14.6. The molecule has 4 heteroatoms. The first kappa shape index (κ1) is 10.6. The van der Waals surface area contributed by atoms with E-state index >= 15 is 0 Å². The van der Waals surface area contributed by atoms with Crippen LogP contribution in [0.25, 0.3) is 17.0 Å². The predicted octanol–water partition coefficient (Wildman–Crippen LogP) is 2.99. The molecule has 1 heterocycles. The number of carboxylic acid groups (broad SMARTS) is 1. The number of aliphatic carboxylic acids is 1. The summed E-state index contributed by atoms with van der Waals surface area (Å²) in [6, 6.07) is 7.12. The van der Waals surface area contributed by atoms with Gasteiger partial charge in [0.2, 0.25) is 0 Å². The maximum atomic E-state index is 10.4. The van der Waals surface area contributed by atoms with E-state index < -0.39 is 5.97 Å². The highest BCUT2D eigenvalue weighted by Gasteiger charge is 2.03. The fraction of sp³-hybridized carbons (Fsp3) is 0. The number of hydrogen-bond acceptors (Lipinski definition) is 2. The number of carbonyl (C=O) groups is 1. The molecule has 2 rings (SSSR count). The maximum absolute atomic E-state index is 10.4. The molecule has 0 saturated heterocycles. The van der Waals surface area contributed by atoms with Gasteiger partial charge in [-0.15, -0.1) is 0 Å². The van der Waals surface area contributed by atoms with Crippen LogP contribution in [-0.2, 0) is 4.79 Å². The number of rotatable bonds is 2. The van der Waals surface area contributed by atoms with Crippen molar-refractivity contribution in [3.8, 4) is 0 Å². The molecule has 2 aromatic rings. The summed E-state index contributed by atoms with van der Waals surface area (Å²) in [6.07, 6.45) is 4.24. The second-order valence-corrected chi connectivity index (χ2v) is 3.61. The molecule has 1 aromatic carbocycles. The molecule has 0 aliphatic heterocycles. The second-order valence-electron chi connectivity index (χ2n) is 3.21. The van der Waals surface area contributed by atoms with Gasteiger partial charge in [0.05, 0.1) is 10.5 Å². The summed E-state index contributed by atoms with van der Waals surface area (Å²) in [5.41, 5.74) is 1.44. The molecule has 16 heavy (non-hydrogen) atoms. The van der Waals surface area contributed by atoms with Crippen molar-refractivity contribution in [2.45, 2.75) is 0 Å². The van der Waals surface area contributed by atoms with Crippen molar-refractivity contribution in [1.82, 2.24) is 4.98 Å². The number of carboxylic acids is 1. The van der Waals surface area contributed by atoms with Crippen LogP contribution in [-0.4, -0.2) is 16.1 Å². The summed E-state index contributed by atoms with van der Waals surface area (Å²) >= 11 is 6.01. The standard InChI is InChI=1S/C12H8ClNO2/c13-10-5-3-8(4-6-11(15)16)12-9(10)2-1-7-14-12/h1-7H,(H,15,16)/b6-4+. The Morgan fingerprint density at radius 3 is 2.94 bits per heavy atom. The lowest BCUT2D eigenvalue weighted by Gasteiger charge is -2.02. The van der Waals surface area contributed by atoms with Gasteiger partial charge in [0.25, 0.3) is 0 Å². The summed E-state index contributed by atoms with van der Waals surface area (Å²) < 4.78 is 0. The molecule has 1 aromatic heterocycles. The first-order chi connectivity index (χ1) is 7.68. The van der Waals surface area contributed by atoms with Crippen LogP contribution in [0.5, 0.6) is 0 Å². The first-order valence-electron chi connectivity index (χ1n) is 4.63. The van der Waals surface area contributed by atoms with Crippen LogP contribution in [0.1, 0.15) is 5.56 Å². The van der Waals surface area contributed by atoms with E-state index in [-0.39, 0.29) is 0 Å². The van der Waals surface area contributed by atoms with E-state index in [2.05, 4.69) is 4.98 Å². The molecule has 0 fully saturated rings. The van der Waals surface area contributed by atoms with Gasteiger partial charge in [-0.2, -0.15) is 0 Å². The van der Waals surface area contributed by atoms with Crippen LogP contribution in [0.15, 0.2) is 36.5 Å². The number of pyridine rings is 1. The quantitative estimate of drug-likeness (QED) is 0.812. The lowest BCUT2D eigenvalue weighted by Crippen LogP contribution is -1.87. The molecule has 0 unspecified atom stereocenters. The van der Waals surface area contributed by atoms with Gasteiger partial charge in [-0.3, -0.25) is 4.98 Å². The molecular weight excluding hydrogens is 226 g/mol. The topological polar surface area (TPSA) is 50.2 Å². The normalized spacial score (nSPS) is 11.1. The Bertz CT molecular complexity index is 578. The fourth-order valence-corrected chi connectivity index (χ4v) is 1.67. The van der Waals surface area contributed by atoms with Crippen molar-refractivity contribution < 1.29 is 9.90 Å². The van der Waals surface area contributed by atoms with Crippen molar-refractivity contribution in [2.24, 2.45) is 0 Å². The zero-order valence-electron chi connectivity index (χ0n) is 8.22. The van der Waals surface area contributed by atoms with Crippen molar-refractivity contribution in [2.75, 3.05) is 0 Å². The van der Waals surface area contributed by atoms with Crippen molar-refractivity contribution in [3.05, 3.63) is 47.1 Å². The number of hydrogen-bond donors (Lipinski definition) is 1. The zero-order chi connectivity index (χ0) is 11.5. The minimum atomic E-state index is -0.987. The Kier molecular flexibility index (Phi) is 2.88. The Morgan fingerprint density at radius 2 is 2.19 bits per heavy atom. The lowest BCUT2D eigenvalue weighted by atomic mass is 10.1. The van der Waals surface area contributed by atoms with E-state index in [0.29, 0.717) is 10.5 Å². The number of aromatic nitrogens is 1. The van der Waals surface area contributed by atoms with E-state index in [0.717, 1.165) is 17.0 Å². The van der Waals surface area contributed by atoms with E-state index in [1.54, 1.807) is 24.4 Å². The largest absolute Gasteiger partial charge is 0.478 e. The van der Waals surface area contributed by atoms with E-state index in [1.807, 2.05) is 6.07 Å². The summed E-state index contributed by atoms with van der Waals surface area (Å²) in [5.74, 6) is -0.987. The molecule has 3 nitrogen and oxygen atoms in total. The summed E-state index contributed by atoms with van der Waals surface area (Å²) in [7, 11) is 0. The Labute approximate surface area is 97.0 Å². The highest BCUT2D eigenvalue weighted by atomic mass is 35.5. The van der Waals surface area contributed by atoms with E-state index in [9.17, 15) is 4.79 Å². The van der Waals surface area contributed by atoms with Crippen LogP contribution >= 0.6 is 11.6 Å². The molecule has 80 valence electrons. The molecule has 0 bridgehead atoms. The number of benzene rings is 1. The van der Waals surface area contributed by atoms with E-state index in [4.69, 9.17) is 16.7 Å². The van der Waals surface area contributed by atoms with Gasteiger partial charge in [-0.05, 0) is 24.3 Å². The predicted molar refractivity (Wildman–Crippen MR) is 63.4 cm³/mol. The monoisotopic (exact) mass is 233 g/mol. The summed E-state index contributed by atoms with van der Waals surface area (Å²) in [6.45, 7) is 0. The molecule has 0 aliphatic carbocycles. The third kappa shape index (κ3) is 2.04. The maximum Gasteiger partial charge on any atom is 0.328 e.